The van der Waals surface area contributed by atoms with Gasteiger partial charge in [0.15, 0.2) is 0 Å². The van der Waals surface area contributed by atoms with Gasteiger partial charge in [0, 0.05) is 32.7 Å². The van der Waals surface area contributed by atoms with E-state index >= 15 is 0 Å². The minimum absolute atomic E-state index is 0.0825. The fraction of sp³-hybridized carbons (Fsp3) is 0.929. The van der Waals surface area contributed by atoms with Crippen LogP contribution >= 0.6 is 0 Å². The zero-order valence-electron chi connectivity index (χ0n) is 12.1. The molecule has 0 bridgehead atoms. The fourth-order valence-electron chi connectivity index (χ4n) is 2.78. The van der Waals surface area contributed by atoms with Gasteiger partial charge >= 0.3 is 6.03 Å². The molecule has 2 aliphatic rings. The van der Waals surface area contributed by atoms with Crippen molar-refractivity contribution in [3.05, 3.63) is 0 Å². The Morgan fingerprint density at radius 3 is 2.63 bits per heavy atom. The molecule has 2 amide bonds. The maximum Gasteiger partial charge on any atom is 0.317 e. The number of urea groups is 1. The van der Waals surface area contributed by atoms with Crippen molar-refractivity contribution >= 4 is 6.03 Å². The van der Waals surface area contributed by atoms with E-state index in [1.807, 2.05) is 4.90 Å². The van der Waals surface area contributed by atoms with Gasteiger partial charge in [-0.1, -0.05) is 19.8 Å². The molecular formula is C14H27N3O2. The third-order valence-corrected chi connectivity index (χ3v) is 4.04. The summed E-state index contributed by atoms with van der Waals surface area (Å²) in [5.74, 6) is 0. The minimum Gasteiger partial charge on any atom is -0.374 e. The highest BCUT2D eigenvalue weighted by Gasteiger charge is 2.21. The first kappa shape index (κ1) is 14.6. The lowest BCUT2D eigenvalue weighted by Crippen LogP contribution is -2.49. The van der Waals surface area contributed by atoms with Crippen molar-refractivity contribution in [2.75, 3.05) is 45.9 Å². The summed E-state index contributed by atoms with van der Waals surface area (Å²) in [6, 6.07) is 0.0825. The quantitative estimate of drug-likeness (QED) is 0.840. The highest BCUT2D eigenvalue weighted by molar-refractivity contribution is 5.74. The van der Waals surface area contributed by atoms with E-state index in [1.54, 1.807) is 0 Å². The number of likely N-dealkylation sites (N-methyl/N-ethyl adjacent to an activating group) is 1. The van der Waals surface area contributed by atoms with Crippen LogP contribution in [0.25, 0.3) is 0 Å². The normalized spacial score (nSPS) is 25.9. The number of ether oxygens (including phenoxy) is 1. The summed E-state index contributed by atoms with van der Waals surface area (Å²) in [6.07, 6.45) is 4.92. The maximum atomic E-state index is 12.1. The summed E-state index contributed by atoms with van der Waals surface area (Å²) in [4.78, 5) is 16.4. The van der Waals surface area contributed by atoms with E-state index in [1.165, 1.54) is 12.8 Å². The molecule has 1 N–H and O–H groups in total. The first-order valence-corrected chi connectivity index (χ1v) is 7.66. The van der Waals surface area contributed by atoms with E-state index in [0.717, 1.165) is 52.2 Å². The van der Waals surface area contributed by atoms with Crippen LogP contribution in [0.2, 0.25) is 0 Å². The first-order chi connectivity index (χ1) is 9.29. The van der Waals surface area contributed by atoms with Crippen molar-refractivity contribution in [3.63, 3.8) is 0 Å². The van der Waals surface area contributed by atoms with Gasteiger partial charge in [0.1, 0.15) is 0 Å². The average molecular weight is 269 g/mol. The van der Waals surface area contributed by atoms with Gasteiger partial charge in [-0.25, -0.2) is 4.79 Å². The molecule has 2 saturated heterocycles. The minimum atomic E-state index is 0.0825. The van der Waals surface area contributed by atoms with Gasteiger partial charge in [0.05, 0.1) is 12.7 Å². The topological polar surface area (TPSA) is 44.8 Å². The summed E-state index contributed by atoms with van der Waals surface area (Å²) in [6.45, 7) is 8.36. The zero-order chi connectivity index (χ0) is 13.5. The Kier molecular flexibility index (Phi) is 5.92. The molecule has 2 heterocycles. The SMILES string of the molecule is CCN1CCOC(CNC(=O)N2CCCCCC2)C1. The van der Waals surface area contributed by atoms with Gasteiger partial charge < -0.3 is 15.0 Å². The predicted molar refractivity (Wildman–Crippen MR) is 75.3 cm³/mol. The van der Waals surface area contributed by atoms with Crippen LogP contribution in [0.3, 0.4) is 0 Å². The second kappa shape index (κ2) is 7.70. The van der Waals surface area contributed by atoms with Crippen LogP contribution in [0.1, 0.15) is 32.6 Å². The molecule has 0 aromatic carbocycles. The molecule has 2 aliphatic heterocycles. The first-order valence-electron chi connectivity index (χ1n) is 7.66. The second-order valence-corrected chi connectivity index (χ2v) is 5.47. The molecule has 110 valence electrons. The third kappa shape index (κ3) is 4.66. The maximum absolute atomic E-state index is 12.1. The third-order valence-electron chi connectivity index (χ3n) is 4.04. The van der Waals surface area contributed by atoms with Crippen molar-refractivity contribution in [2.24, 2.45) is 0 Å². The van der Waals surface area contributed by atoms with Crippen LogP contribution in [0.15, 0.2) is 0 Å². The molecule has 0 radical (unpaired) electrons. The Balaban J connectivity index is 1.70. The molecule has 0 aliphatic carbocycles. The number of carbonyl (C=O) groups excluding carboxylic acids is 1. The van der Waals surface area contributed by atoms with Crippen LogP contribution in [-0.2, 0) is 4.74 Å². The Hall–Kier alpha value is -0.810. The van der Waals surface area contributed by atoms with Gasteiger partial charge in [-0.2, -0.15) is 0 Å². The van der Waals surface area contributed by atoms with Crippen LogP contribution in [-0.4, -0.2) is 67.8 Å². The summed E-state index contributed by atoms with van der Waals surface area (Å²) >= 11 is 0. The Morgan fingerprint density at radius 1 is 1.21 bits per heavy atom. The number of nitrogens with zero attached hydrogens (tertiary/aromatic N) is 2. The molecule has 0 spiro atoms. The second-order valence-electron chi connectivity index (χ2n) is 5.47. The molecule has 0 saturated carbocycles. The molecule has 2 rings (SSSR count). The number of morpholine rings is 1. The average Bonchev–Trinajstić information content (AvgIpc) is 2.74. The smallest absolute Gasteiger partial charge is 0.317 e. The standard InChI is InChI=1S/C14H27N3O2/c1-2-16-9-10-19-13(12-16)11-15-14(18)17-7-5-3-4-6-8-17/h13H,2-12H2,1H3,(H,15,18). The van der Waals surface area contributed by atoms with Gasteiger partial charge in [0.2, 0.25) is 0 Å². The van der Waals surface area contributed by atoms with Gasteiger partial charge in [-0.3, -0.25) is 4.90 Å². The highest BCUT2D eigenvalue weighted by Crippen LogP contribution is 2.10. The summed E-state index contributed by atoms with van der Waals surface area (Å²) in [7, 11) is 0. The largest absolute Gasteiger partial charge is 0.374 e. The van der Waals surface area contributed by atoms with Gasteiger partial charge in [0.25, 0.3) is 0 Å². The molecule has 2 fully saturated rings. The molecule has 19 heavy (non-hydrogen) atoms. The monoisotopic (exact) mass is 269 g/mol. The Morgan fingerprint density at radius 2 is 1.95 bits per heavy atom. The number of likely N-dealkylation sites (tertiary alicyclic amines) is 1. The molecular weight excluding hydrogens is 242 g/mol. The van der Waals surface area contributed by atoms with Crippen LogP contribution in [0.5, 0.6) is 0 Å². The van der Waals surface area contributed by atoms with Crippen molar-refractivity contribution in [1.82, 2.24) is 15.1 Å². The fourth-order valence-corrected chi connectivity index (χ4v) is 2.78. The van der Waals surface area contributed by atoms with E-state index in [9.17, 15) is 4.79 Å². The number of carbonyl (C=O) groups is 1. The number of amides is 2. The number of hydrogen-bond acceptors (Lipinski definition) is 3. The van der Waals surface area contributed by atoms with E-state index < -0.39 is 0 Å². The molecule has 5 heteroatoms. The lowest BCUT2D eigenvalue weighted by molar-refractivity contribution is -0.0244. The zero-order valence-corrected chi connectivity index (χ0v) is 12.1. The number of rotatable bonds is 3. The lowest BCUT2D eigenvalue weighted by Gasteiger charge is -2.32. The highest BCUT2D eigenvalue weighted by atomic mass is 16.5. The van der Waals surface area contributed by atoms with Crippen LogP contribution < -0.4 is 5.32 Å². The van der Waals surface area contributed by atoms with E-state index in [0.29, 0.717) is 6.54 Å². The van der Waals surface area contributed by atoms with Crippen molar-refractivity contribution in [3.8, 4) is 0 Å². The van der Waals surface area contributed by atoms with E-state index in [-0.39, 0.29) is 12.1 Å². The predicted octanol–water partition coefficient (Wildman–Crippen LogP) is 1.29. The van der Waals surface area contributed by atoms with Crippen molar-refractivity contribution in [1.29, 1.82) is 0 Å². The summed E-state index contributed by atoms with van der Waals surface area (Å²) in [5, 5.41) is 3.03. The van der Waals surface area contributed by atoms with E-state index in [4.69, 9.17) is 4.74 Å². The molecule has 0 aromatic heterocycles. The summed E-state index contributed by atoms with van der Waals surface area (Å²) in [5.41, 5.74) is 0. The van der Waals surface area contributed by atoms with Gasteiger partial charge in [-0.15, -0.1) is 0 Å². The number of nitrogens with one attached hydrogen (secondary N) is 1. The number of hydrogen-bond donors (Lipinski definition) is 1. The van der Waals surface area contributed by atoms with Crippen molar-refractivity contribution in [2.45, 2.75) is 38.7 Å². The van der Waals surface area contributed by atoms with Crippen LogP contribution in [0.4, 0.5) is 4.79 Å². The summed E-state index contributed by atoms with van der Waals surface area (Å²) < 4.78 is 5.70. The lowest BCUT2D eigenvalue weighted by atomic mass is 10.2. The Labute approximate surface area is 116 Å². The van der Waals surface area contributed by atoms with Crippen LogP contribution in [0, 0.1) is 0 Å². The van der Waals surface area contributed by atoms with Gasteiger partial charge in [-0.05, 0) is 19.4 Å². The molecule has 0 aromatic rings. The Bertz CT molecular complexity index is 278. The van der Waals surface area contributed by atoms with E-state index in [2.05, 4.69) is 17.1 Å². The molecule has 1 atom stereocenters. The molecule has 1 unspecified atom stereocenters. The van der Waals surface area contributed by atoms with Crippen molar-refractivity contribution < 1.29 is 9.53 Å². The molecule has 5 nitrogen and oxygen atoms in total.